The van der Waals surface area contributed by atoms with Crippen molar-refractivity contribution >= 4 is 5.96 Å². The number of hydrogen-bond acceptors (Lipinski definition) is 3. The van der Waals surface area contributed by atoms with E-state index in [-0.39, 0.29) is 0 Å². The van der Waals surface area contributed by atoms with Crippen molar-refractivity contribution in [3.8, 4) is 0 Å². The first-order valence-electron chi connectivity index (χ1n) is 4.91. The standard InChI is InChI=1S/C9H23N5/c1-6-14(9(11-3)12-10)8(2)7-13(4)5/h8H,6-7,10H2,1-5H3,(H,11,12). The first-order chi connectivity index (χ1) is 6.56. The normalized spacial score (nSPS) is 14.4. The summed E-state index contributed by atoms with van der Waals surface area (Å²) in [6, 6.07) is 0.393. The number of hydrazine groups is 1. The number of nitrogens with zero attached hydrogens (tertiary/aromatic N) is 3. The summed E-state index contributed by atoms with van der Waals surface area (Å²) in [5, 5.41) is 0. The number of rotatable bonds is 4. The molecule has 0 fully saturated rings. The summed E-state index contributed by atoms with van der Waals surface area (Å²) < 4.78 is 0. The number of guanidine groups is 1. The third-order valence-electron chi connectivity index (χ3n) is 2.12. The average Bonchev–Trinajstić information content (AvgIpc) is 2.12. The molecule has 5 heteroatoms. The van der Waals surface area contributed by atoms with Crippen LogP contribution in [0.2, 0.25) is 0 Å². The predicted molar refractivity (Wildman–Crippen MR) is 61.1 cm³/mol. The quantitative estimate of drug-likeness (QED) is 0.284. The largest absolute Gasteiger partial charge is 0.338 e. The SMILES string of the molecule is CCN(C(=NC)NN)C(C)CN(C)C. The van der Waals surface area contributed by atoms with Gasteiger partial charge in [0.05, 0.1) is 0 Å². The molecule has 0 radical (unpaired) electrons. The Labute approximate surface area is 86.9 Å². The summed E-state index contributed by atoms with van der Waals surface area (Å²) in [6.45, 7) is 6.13. The molecule has 1 atom stereocenters. The fourth-order valence-corrected chi connectivity index (χ4v) is 1.57. The van der Waals surface area contributed by atoms with E-state index in [4.69, 9.17) is 5.84 Å². The summed E-state index contributed by atoms with van der Waals surface area (Å²) in [5.41, 5.74) is 2.61. The van der Waals surface area contributed by atoms with Crippen LogP contribution in [0.4, 0.5) is 0 Å². The molecule has 0 aromatic carbocycles. The van der Waals surface area contributed by atoms with Crippen LogP contribution in [0.15, 0.2) is 4.99 Å². The van der Waals surface area contributed by atoms with Gasteiger partial charge in [-0.1, -0.05) is 0 Å². The molecule has 0 rings (SSSR count). The molecule has 0 aromatic heterocycles. The maximum atomic E-state index is 5.39. The van der Waals surface area contributed by atoms with E-state index in [1.807, 2.05) is 0 Å². The van der Waals surface area contributed by atoms with Gasteiger partial charge in [0, 0.05) is 26.2 Å². The monoisotopic (exact) mass is 201 g/mol. The minimum Gasteiger partial charge on any atom is -0.338 e. The second kappa shape index (κ2) is 6.62. The van der Waals surface area contributed by atoms with E-state index in [0.29, 0.717) is 6.04 Å². The summed E-state index contributed by atoms with van der Waals surface area (Å²) in [4.78, 5) is 8.38. The topological polar surface area (TPSA) is 56.9 Å². The molecule has 3 N–H and O–H groups in total. The first kappa shape index (κ1) is 13.2. The molecule has 0 heterocycles. The number of nitrogens with two attached hydrogens (primary N) is 1. The molecule has 0 aliphatic carbocycles. The Morgan fingerprint density at radius 1 is 1.50 bits per heavy atom. The van der Waals surface area contributed by atoms with Crippen molar-refractivity contribution in [1.82, 2.24) is 15.2 Å². The van der Waals surface area contributed by atoms with Gasteiger partial charge in [0.1, 0.15) is 0 Å². The van der Waals surface area contributed by atoms with Crippen LogP contribution in [-0.2, 0) is 0 Å². The molecule has 0 saturated heterocycles. The highest BCUT2D eigenvalue weighted by Gasteiger charge is 2.15. The van der Waals surface area contributed by atoms with Crippen LogP contribution in [-0.4, -0.2) is 56.0 Å². The number of likely N-dealkylation sites (N-methyl/N-ethyl adjacent to an activating group) is 2. The minimum absolute atomic E-state index is 0.393. The van der Waals surface area contributed by atoms with Gasteiger partial charge in [0.25, 0.3) is 0 Å². The van der Waals surface area contributed by atoms with E-state index >= 15 is 0 Å². The molecule has 0 saturated carbocycles. The molecule has 1 unspecified atom stereocenters. The van der Waals surface area contributed by atoms with Crippen LogP contribution in [0, 0.1) is 0 Å². The van der Waals surface area contributed by atoms with Crippen molar-refractivity contribution in [3.05, 3.63) is 0 Å². The lowest BCUT2D eigenvalue weighted by Gasteiger charge is -2.31. The van der Waals surface area contributed by atoms with Gasteiger partial charge in [-0.3, -0.25) is 10.4 Å². The van der Waals surface area contributed by atoms with Gasteiger partial charge in [0.15, 0.2) is 0 Å². The molecule has 0 amide bonds. The minimum atomic E-state index is 0.393. The zero-order valence-corrected chi connectivity index (χ0v) is 9.91. The van der Waals surface area contributed by atoms with Crippen LogP contribution >= 0.6 is 0 Å². The third-order valence-corrected chi connectivity index (χ3v) is 2.12. The molecule has 0 aromatic rings. The average molecular weight is 201 g/mol. The van der Waals surface area contributed by atoms with Gasteiger partial charge in [-0.05, 0) is 27.9 Å². The Morgan fingerprint density at radius 3 is 2.36 bits per heavy atom. The zero-order valence-electron chi connectivity index (χ0n) is 9.91. The fourth-order valence-electron chi connectivity index (χ4n) is 1.57. The van der Waals surface area contributed by atoms with Crippen molar-refractivity contribution in [2.75, 3.05) is 34.2 Å². The lowest BCUT2D eigenvalue weighted by Crippen LogP contribution is -2.51. The molecular weight excluding hydrogens is 178 g/mol. The number of aliphatic imine (C=N–C) groups is 1. The van der Waals surface area contributed by atoms with E-state index in [1.165, 1.54) is 0 Å². The Kier molecular flexibility index (Phi) is 6.23. The van der Waals surface area contributed by atoms with Crippen LogP contribution in [0.3, 0.4) is 0 Å². The first-order valence-corrected chi connectivity index (χ1v) is 4.91. The molecule has 0 aliphatic heterocycles. The van der Waals surface area contributed by atoms with E-state index in [0.717, 1.165) is 19.0 Å². The highest BCUT2D eigenvalue weighted by atomic mass is 15.4. The van der Waals surface area contributed by atoms with Crippen molar-refractivity contribution < 1.29 is 0 Å². The lowest BCUT2D eigenvalue weighted by molar-refractivity contribution is 0.258. The van der Waals surface area contributed by atoms with Crippen molar-refractivity contribution in [2.24, 2.45) is 10.8 Å². The second-order valence-corrected chi connectivity index (χ2v) is 3.59. The zero-order chi connectivity index (χ0) is 11.1. The van der Waals surface area contributed by atoms with Crippen molar-refractivity contribution in [2.45, 2.75) is 19.9 Å². The lowest BCUT2D eigenvalue weighted by atomic mass is 10.3. The Hall–Kier alpha value is -0.810. The van der Waals surface area contributed by atoms with Gasteiger partial charge >= 0.3 is 0 Å². The smallest absolute Gasteiger partial charge is 0.208 e. The maximum Gasteiger partial charge on any atom is 0.208 e. The summed E-state index contributed by atoms with van der Waals surface area (Å²) >= 11 is 0. The van der Waals surface area contributed by atoms with Gasteiger partial charge < -0.3 is 9.80 Å². The molecule has 0 aliphatic rings. The van der Waals surface area contributed by atoms with Gasteiger partial charge in [-0.2, -0.15) is 0 Å². The van der Waals surface area contributed by atoms with Crippen LogP contribution in [0.5, 0.6) is 0 Å². The van der Waals surface area contributed by atoms with Gasteiger partial charge in [-0.15, -0.1) is 0 Å². The van der Waals surface area contributed by atoms with Crippen LogP contribution in [0.25, 0.3) is 0 Å². The molecule has 0 spiro atoms. The molecule has 0 bridgehead atoms. The van der Waals surface area contributed by atoms with Gasteiger partial charge in [-0.25, -0.2) is 5.84 Å². The Balaban J connectivity index is 4.38. The van der Waals surface area contributed by atoms with Crippen molar-refractivity contribution in [3.63, 3.8) is 0 Å². The summed E-state index contributed by atoms with van der Waals surface area (Å²) in [6.07, 6.45) is 0. The highest BCUT2D eigenvalue weighted by Crippen LogP contribution is 2.00. The van der Waals surface area contributed by atoms with Crippen LogP contribution in [0.1, 0.15) is 13.8 Å². The molecule has 14 heavy (non-hydrogen) atoms. The molecule has 5 nitrogen and oxygen atoms in total. The Bertz CT molecular complexity index is 178. The summed E-state index contributed by atoms with van der Waals surface area (Å²) in [5.74, 6) is 6.13. The second-order valence-electron chi connectivity index (χ2n) is 3.59. The summed E-state index contributed by atoms with van der Waals surface area (Å²) in [7, 11) is 5.85. The van der Waals surface area contributed by atoms with E-state index in [1.54, 1.807) is 7.05 Å². The van der Waals surface area contributed by atoms with Crippen LogP contribution < -0.4 is 11.3 Å². The fraction of sp³-hybridized carbons (Fsp3) is 0.889. The van der Waals surface area contributed by atoms with E-state index < -0.39 is 0 Å². The Morgan fingerprint density at radius 2 is 2.07 bits per heavy atom. The van der Waals surface area contributed by atoms with Gasteiger partial charge in [0.2, 0.25) is 5.96 Å². The van der Waals surface area contributed by atoms with Crippen molar-refractivity contribution in [1.29, 1.82) is 0 Å². The molecular formula is C9H23N5. The molecule has 84 valence electrons. The highest BCUT2D eigenvalue weighted by molar-refractivity contribution is 5.79. The maximum absolute atomic E-state index is 5.39. The predicted octanol–water partition coefficient (Wildman–Crippen LogP) is -0.292. The van der Waals surface area contributed by atoms with E-state index in [9.17, 15) is 0 Å². The third kappa shape index (κ3) is 3.93. The number of hydrogen-bond donors (Lipinski definition) is 2. The van der Waals surface area contributed by atoms with E-state index in [2.05, 4.69) is 48.2 Å². The number of nitrogens with one attached hydrogen (secondary N) is 1.